The molecule has 3 heteroatoms. The Bertz CT molecular complexity index is 538. The number of nitrogens with one attached hydrogen (secondary N) is 1. The number of hydrogen-bond donors (Lipinski definition) is 1. The third kappa shape index (κ3) is 3.88. The van der Waals surface area contributed by atoms with E-state index >= 15 is 0 Å². The molecule has 0 amide bonds. The maximum Gasteiger partial charge on any atom is 0.00890 e. The molecule has 2 unspecified atom stereocenters. The molecule has 114 valence electrons. The molecule has 2 atom stereocenters. The lowest BCUT2D eigenvalue weighted by atomic mass is 9.78. The zero-order chi connectivity index (χ0) is 13.8. The largest absolute Gasteiger partial charge is 0.319 e. The van der Waals surface area contributed by atoms with Crippen LogP contribution in [0.4, 0.5) is 0 Å². The minimum absolute atomic E-state index is 0. The van der Waals surface area contributed by atoms with E-state index in [2.05, 4.69) is 54.1 Å². The van der Waals surface area contributed by atoms with Crippen LogP contribution in [0.5, 0.6) is 0 Å². The summed E-state index contributed by atoms with van der Waals surface area (Å²) in [6, 6.07) is 13.5. The first kappa shape index (κ1) is 16.5. The van der Waals surface area contributed by atoms with E-state index in [-0.39, 0.29) is 12.4 Å². The van der Waals surface area contributed by atoms with Crippen molar-refractivity contribution in [2.24, 2.45) is 0 Å². The third-order valence-electron chi connectivity index (χ3n) is 4.46. The molecule has 1 heterocycles. The van der Waals surface area contributed by atoms with Gasteiger partial charge in [0.25, 0.3) is 0 Å². The van der Waals surface area contributed by atoms with Crippen molar-refractivity contribution < 1.29 is 0 Å². The Hall–Kier alpha value is -0.830. The quantitative estimate of drug-likeness (QED) is 0.818. The normalized spacial score (nSPS) is 18.6. The third-order valence-corrected chi connectivity index (χ3v) is 5.49. The van der Waals surface area contributed by atoms with Crippen LogP contribution in [0.1, 0.15) is 47.1 Å². The van der Waals surface area contributed by atoms with Gasteiger partial charge in [-0.15, -0.1) is 23.7 Å². The van der Waals surface area contributed by atoms with E-state index in [1.807, 2.05) is 11.3 Å². The van der Waals surface area contributed by atoms with Gasteiger partial charge in [-0.1, -0.05) is 30.3 Å². The van der Waals surface area contributed by atoms with Crippen LogP contribution in [0.2, 0.25) is 0 Å². The smallest absolute Gasteiger partial charge is 0.00890 e. The molecule has 0 spiro atoms. The maximum absolute atomic E-state index is 3.38. The number of aryl methyl sites for hydroxylation is 1. The molecule has 0 fully saturated rings. The summed E-state index contributed by atoms with van der Waals surface area (Å²) in [7, 11) is 2.06. The number of rotatable bonds is 5. The number of fused-ring (bicyclic) bond motifs is 1. The minimum Gasteiger partial charge on any atom is -0.319 e. The molecule has 2 aromatic rings. The van der Waals surface area contributed by atoms with Gasteiger partial charge in [-0.3, -0.25) is 0 Å². The molecule has 1 N–H and O–H groups in total. The molecule has 0 saturated carbocycles. The van der Waals surface area contributed by atoms with E-state index in [9.17, 15) is 0 Å². The summed E-state index contributed by atoms with van der Waals surface area (Å²) >= 11 is 1.90. The topological polar surface area (TPSA) is 12.0 Å². The molecule has 1 aliphatic rings. The second kappa shape index (κ2) is 7.98. The van der Waals surface area contributed by atoms with Crippen LogP contribution in [-0.2, 0) is 6.42 Å². The fourth-order valence-corrected chi connectivity index (χ4v) is 4.36. The summed E-state index contributed by atoms with van der Waals surface area (Å²) in [6.07, 6.45) is 5.24. The summed E-state index contributed by atoms with van der Waals surface area (Å²) in [4.78, 5) is 1.53. The number of hydrogen-bond acceptors (Lipinski definition) is 2. The zero-order valence-electron chi connectivity index (χ0n) is 12.5. The average molecular weight is 322 g/mol. The summed E-state index contributed by atoms with van der Waals surface area (Å²) in [5.74, 6) is 1.39. The number of halogens is 1. The predicted molar refractivity (Wildman–Crippen MR) is 95.0 cm³/mol. The van der Waals surface area contributed by atoms with Crippen molar-refractivity contribution in [2.75, 3.05) is 13.6 Å². The van der Waals surface area contributed by atoms with Gasteiger partial charge < -0.3 is 5.32 Å². The molecule has 0 radical (unpaired) electrons. The second-order valence-corrected chi connectivity index (χ2v) is 6.77. The molecule has 21 heavy (non-hydrogen) atoms. The number of likely N-dealkylation sites (N-methyl/N-ethyl adjacent to an activating group) is 1. The fourth-order valence-electron chi connectivity index (χ4n) is 3.51. The lowest BCUT2D eigenvalue weighted by Gasteiger charge is -2.28. The van der Waals surface area contributed by atoms with E-state index < -0.39 is 0 Å². The van der Waals surface area contributed by atoms with Crippen LogP contribution in [0.15, 0.2) is 41.8 Å². The van der Waals surface area contributed by atoms with Gasteiger partial charge in [0.2, 0.25) is 0 Å². The van der Waals surface area contributed by atoms with Gasteiger partial charge in [-0.05, 0) is 61.2 Å². The first-order valence-electron chi connectivity index (χ1n) is 7.64. The molecule has 1 aromatic carbocycles. The summed E-state index contributed by atoms with van der Waals surface area (Å²) in [5.41, 5.74) is 3.19. The zero-order valence-corrected chi connectivity index (χ0v) is 14.2. The van der Waals surface area contributed by atoms with E-state index in [1.54, 1.807) is 11.1 Å². The molecule has 1 aromatic heterocycles. The fraction of sp³-hybridized carbons (Fsp3) is 0.444. The van der Waals surface area contributed by atoms with E-state index in [4.69, 9.17) is 0 Å². The Morgan fingerprint density at radius 3 is 2.86 bits per heavy atom. The first-order chi connectivity index (χ1) is 9.88. The average Bonchev–Trinajstić information content (AvgIpc) is 3.01. The molecule has 0 aliphatic heterocycles. The molecule has 0 saturated heterocycles. The van der Waals surface area contributed by atoms with Gasteiger partial charge >= 0.3 is 0 Å². The van der Waals surface area contributed by atoms with E-state index in [0.717, 1.165) is 12.5 Å². The van der Waals surface area contributed by atoms with Gasteiger partial charge in [-0.25, -0.2) is 0 Å². The van der Waals surface area contributed by atoms with Crippen molar-refractivity contribution in [2.45, 2.75) is 37.5 Å². The molecule has 0 bridgehead atoms. The van der Waals surface area contributed by atoms with E-state index in [0.29, 0.717) is 5.92 Å². The minimum atomic E-state index is 0. The monoisotopic (exact) mass is 321 g/mol. The van der Waals surface area contributed by atoms with Crippen LogP contribution < -0.4 is 5.32 Å². The highest BCUT2D eigenvalue weighted by molar-refractivity contribution is 7.10. The van der Waals surface area contributed by atoms with Crippen LogP contribution in [0, 0.1) is 0 Å². The summed E-state index contributed by atoms with van der Waals surface area (Å²) in [5, 5.41) is 5.58. The van der Waals surface area contributed by atoms with Gasteiger partial charge in [0.1, 0.15) is 0 Å². The van der Waals surface area contributed by atoms with Crippen LogP contribution >= 0.6 is 23.7 Å². The maximum atomic E-state index is 3.38. The Kier molecular flexibility index (Phi) is 6.28. The Labute approximate surface area is 138 Å². The molecule has 1 aliphatic carbocycles. The van der Waals surface area contributed by atoms with Gasteiger partial charge in [0, 0.05) is 17.3 Å². The Morgan fingerprint density at radius 2 is 2.10 bits per heavy atom. The van der Waals surface area contributed by atoms with Gasteiger partial charge in [0.05, 0.1) is 0 Å². The van der Waals surface area contributed by atoms with Gasteiger partial charge in [0.15, 0.2) is 0 Å². The number of thiophene rings is 1. The highest BCUT2D eigenvalue weighted by atomic mass is 35.5. The van der Waals surface area contributed by atoms with Crippen molar-refractivity contribution in [3.05, 3.63) is 57.8 Å². The lowest BCUT2D eigenvalue weighted by Crippen LogP contribution is -2.20. The highest BCUT2D eigenvalue weighted by Crippen LogP contribution is 2.39. The van der Waals surface area contributed by atoms with Crippen LogP contribution in [0.25, 0.3) is 0 Å². The van der Waals surface area contributed by atoms with Crippen molar-refractivity contribution in [3.8, 4) is 0 Å². The Balaban J connectivity index is 0.00000161. The second-order valence-electron chi connectivity index (χ2n) is 5.79. The molecular formula is C18H24ClNS. The lowest BCUT2D eigenvalue weighted by molar-refractivity contribution is 0.463. The van der Waals surface area contributed by atoms with Crippen molar-refractivity contribution >= 4 is 23.7 Å². The SMILES string of the molecule is CNCC(CC1CCCc2ccccc21)c1cccs1.Cl. The van der Waals surface area contributed by atoms with Crippen molar-refractivity contribution in [1.29, 1.82) is 0 Å². The molecular weight excluding hydrogens is 298 g/mol. The summed E-state index contributed by atoms with van der Waals surface area (Å²) in [6.45, 7) is 1.08. The van der Waals surface area contributed by atoms with E-state index in [1.165, 1.54) is 30.6 Å². The van der Waals surface area contributed by atoms with Gasteiger partial charge in [-0.2, -0.15) is 0 Å². The van der Waals surface area contributed by atoms with Crippen LogP contribution in [0.3, 0.4) is 0 Å². The number of benzene rings is 1. The Morgan fingerprint density at radius 1 is 1.24 bits per heavy atom. The molecule has 1 nitrogen and oxygen atoms in total. The predicted octanol–water partition coefficient (Wildman–Crippen LogP) is 4.98. The van der Waals surface area contributed by atoms with Crippen LogP contribution in [-0.4, -0.2) is 13.6 Å². The highest BCUT2D eigenvalue weighted by Gasteiger charge is 2.24. The molecule has 3 rings (SSSR count). The standard InChI is InChI=1S/C18H23NS.ClH/c1-19-13-16(18-10-5-11-20-18)12-15-8-4-7-14-6-2-3-9-17(14)15;/h2-3,5-6,9-11,15-16,19H,4,7-8,12-13H2,1H3;1H. The van der Waals surface area contributed by atoms with Crippen molar-refractivity contribution in [3.63, 3.8) is 0 Å². The first-order valence-corrected chi connectivity index (χ1v) is 8.52. The van der Waals surface area contributed by atoms with Crippen molar-refractivity contribution in [1.82, 2.24) is 5.32 Å². The summed E-state index contributed by atoms with van der Waals surface area (Å²) < 4.78 is 0.